The molecule has 2 aromatic heterocycles. The van der Waals surface area contributed by atoms with Crippen LogP contribution in [0, 0.1) is 11.7 Å². The van der Waals surface area contributed by atoms with E-state index in [1.807, 2.05) is 30.3 Å². The van der Waals surface area contributed by atoms with Gasteiger partial charge in [-0.05, 0) is 47.9 Å². The summed E-state index contributed by atoms with van der Waals surface area (Å²) in [5.41, 5.74) is 2.23. The van der Waals surface area contributed by atoms with Gasteiger partial charge in [0.25, 0.3) is 12.4 Å². The van der Waals surface area contributed by atoms with Crippen molar-refractivity contribution in [2.75, 3.05) is 39.3 Å². The first kappa shape index (κ1) is 29.6. The molecule has 0 radical (unpaired) electrons. The molecule has 12 heteroatoms. The van der Waals surface area contributed by atoms with E-state index in [-0.39, 0.29) is 35.9 Å². The molecular weight excluding hydrogens is 555 g/mol. The Balaban J connectivity index is 0.00000118. The van der Waals surface area contributed by atoms with E-state index in [1.54, 1.807) is 40.0 Å². The molecule has 2 amide bonds. The first-order chi connectivity index (χ1) is 20.9. The van der Waals surface area contributed by atoms with E-state index in [4.69, 9.17) is 14.6 Å². The number of carboxylic acid groups (broad SMARTS) is 1. The van der Waals surface area contributed by atoms with Gasteiger partial charge in [0, 0.05) is 63.8 Å². The number of aromatic nitrogens is 3. The summed E-state index contributed by atoms with van der Waals surface area (Å²) >= 11 is 0. The third-order valence-corrected chi connectivity index (χ3v) is 7.58. The molecule has 2 bridgehead atoms. The Kier molecular flexibility index (Phi) is 9.57. The fourth-order valence-corrected chi connectivity index (χ4v) is 5.65. The van der Waals surface area contributed by atoms with Crippen molar-refractivity contribution >= 4 is 24.1 Å². The largest absolute Gasteiger partial charge is 0.494 e. The molecule has 0 aliphatic carbocycles. The van der Waals surface area contributed by atoms with Gasteiger partial charge in [0.05, 0.1) is 12.5 Å². The molecule has 0 spiro atoms. The Hall–Kier alpha value is -4.84. The number of rotatable bonds is 3. The molecule has 11 nitrogen and oxygen atoms in total. The van der Waals surface area contributed by atoms with E-state index in [0.29, 0.717) is 63.8 Å². The van der Waals surface area contributed by atoms with Gasteiger partial charge in [0.2, 0.25) is 11.7 Å². The Labute approximate surface area is 247 Å². The minimum absolute atomic E-state index is 0.0386. The molecule has 0 saturated carbocycles. The van der Waals surface area contributed by atoms with Crippen LogP contribution >= 0.6 is 0 Å². The minimum atomic E-state index is -0.291. The van der Waals surface area contributed by atoms with Crippen LogP contribution in [0.5, 0.6) is 5.75 Å². The molecule has 2 aliphatic rings. The van der Waals surface area contributed by atoms with Crippen molar-refractivity contribution in [3.8, 4) is 5.75 Å². The molecule has 6 rings (SSSR count). The quantitative estimate of drug-likeness (QED) is 0.350. The number of carbonyl (C=O) groups is 3. The van der Waals surface area contributed by atoms with Crippen LogP contribution in [0.15, 0.2) is 73.2 Å². The zero-order valence-electron chi connectivity index (χ0n) is 23.5. The molecule has 4 aromatic rings. The number of benzene rings is 2. The van der Waals surface area contributed by atoms with Crippen LogP contribution < -0.4 is 10.1 Å². The number of ether oxygens (including phenoxy) is 1. The SMILES string of the molecule is O=C1NCCN(C(=O)c2cn3cccnc3n2)CCCOc2cccc(c2)[C@H]2CN(Cc3cccc(F)c3)C[C@H]12.O=CO. The van der Waals surface area contributed by atoms with Crippen LogP contribution in [-0.2, 0) is 16.1 Å². The van der Waals surface area contributed by atoms with Crippen molar-refractivity contribution in [3.05, 3.63) is 95.8 Å². The maximum atomic E-state index is 13.8. The third-order valence-electron chi connectivity index (χ3n) is 7.58. The van der Waals surface area contributed by atoms with Crippen LogP contribution in [0.2, 0.25) is 0 Å². The van der Waals surface area contributed by atoms with Crippen LogP contribution in [0.25, 0.3) is 5.78 Å². The molecular formula is C31H33FN6O5. The zero-order chi connectivity index (χ0) is 30.2. The van der Waals surface area contributed by atoms with Crippen molar-refractivity contribution in [2.24, 2.45) is 5.92 Å². The van der Waals surface area contributed by atoms with Gasteiger partial charge in [-0.3, -0.25) is 23.7 Å². The summed E-state index contributed by atoms with van der Waals surface area (Å²) in [7, 11) is 0. The molecule has 2 atom stereocenters. The van der Waals surface area contributed by atoms with Crippen LogP contribution in [0.4, 0.5) is 4.39 Å². The number of fused-ring (bicyclic) bond motifs is 5. The maximum absolute atomic E-state index is 13.8. The van der Waals surface area contributed by atoms with Gasteiger partial charge in [-0.2, -0.15) is 0 Å². The Morgan fingerprint density at radius 2 is 1.93 bits per heavy atom. The van der Waals surface area contributed by atoms with Crippen LogP contribution in [0.1, 0.15) is 34.0 Å². The molecule has 1 fully saturated rings. The number of likely N-dealkylation sites (tertiary alicyclic amines) is 1. The number of nitrogens with one attached hydrogen (secondary N) is 1. The molecule has 1 saturated heterocycles. The highest BCUT2D eigenvalue weighted by atomic mass is 19.1. The monoisotopic (exact) mass is 588 g/mol. The lowest BCUT2D eigenvalue weighted by atomic mass is 9.88. The predicted octanol–water partition coefficient (Wildman–Crippen LogP) is 2.83. The van der Waals surface area contributed by atoms with Crippen molar-refractivity contribution in [1.82, 2.24) is 29.5 Å². The highest BCUT2D eigenvalue weighted by Crippen LogP contribution is 2.35. The van der Waals surface area contributed by atoms with Gasteiger partial charge in [0.1, 0.15) is 17.3 Å². The van der Waals surface area contributed by atoms with E-state index in [2.05, 4.69) is 20.2 Å². The van der Waals surface area contributed by atoms with Crippen LogP contribution in [0.3, 0.4) is 0 Å². The second-order valence-corrected chi connectivity index (χ2v) is 10.5. The highest BCUT2D eigenvalue weighted by molar-refractivity contribution is 5.92. The van der Waals surface area contributed by atoms with E-state index >= 15 is 0 Å². The van der Waals surface area contributed by atoms with E-state index in [0.717, 1.165) is 16.9 Å². The van der Waals surface area contributed by atoms with Gasteiger partial charge in [-0.1, -0.05) is 24.3 Å². The van der Waals surface area contributed by atoms with Gasteiger partial charge >= 0.3 is 0 Å². The first-order valence-electron chi connectivity index (χ1n) is 14.1. The van der Waals surface area contributed by atoms with Gasteiger partial charge in [-0.15, -0.1) is 0 Å². The fourth-order valence-electron chi connectivity index (χ4n) is 5.65. The number of nitrogens with zero attached hydrogens (tertiary/aromatic N) is 5. The summed E-state index contributed by atoms with van der Waals surface area (Å²) in [6, 6.07) is 16.3. The lowest BCUT2D eigenvalue weighted by Gasteiger charge is -2.24. The highest BCUT2D eigenvalue weighted by Gasteiger charge is 2.38. The second-order valence-electron chi connectivity index (χ2n) is 10.5. The third kappa shape index (κ3) is 7.33. The first-order valence-corrected chi connectivity index (χ1v) is 14.1. The molecule has 224 valence electrons. The Morgan fingerprint density at radius 1 is 1.12 bits per heavy atom. The lowest BCUT2D eigenvalue weighted by molar-refractivity contribution is -0.125. The summed E-state index contributed by atoms with van der Waals surface area (Å²) in [5, 5.41) is 9.97. The topological polar surface area (TPSA) is 129 Å². The molecule has 2 N–H and O–H groups in total. The summed E-state index contributed by atoms with van der Waals surface area (Å²) < 4.78 is 21.6. The number of amides is 2. The lowest BCUT2D eigenvalue weighted by Crippen LogP contribution is -2.42. The summed E-state index contributed by atoms with van der Waals surface area (Å²) in [4.78, 5) is 47.8. The van der Waals surface area contributed by atoms with E-state index < -0.39 is 0 Å². The fraction of sp³-hybridized carbons (Fsp3) is 0.323. The number of imidazole rings is 1. The zero-order valence-corrected chi connectivity index (χ0v) is 23.5. The Bertz CT molecular complexity index is 1550. The minimum Gasteiger partial charge on any atom is -0.494 e. The molecule has 43 heavy (non-hydrogen) atoms. The van der Waals surface area contributed by atoms with Gasteiger partial charge in [-0.25, -0.2) is 14.4 Å². The smallest absolute Gasteiger partial charge is 0.290 e. The number of hydrogen-bond acceptors (Lipinski definition) is 7. The van der Waals surface area contributed by atoms with Crippen molar-refractivity contribution < 1.29 is 28.6 Å². The standard InChI is InChI=1S/C30H31FN6O3.CH2O2/c31-23-7-1-5-21(15-23)17-35-18-25-22-6-2-8-24(16-22)40-14-4-12-36(13-10-32-28(38)26(25)19-35)29(39)27-20-37-11-3-9-33-30(37)34-27;2-1-3/h1-3,5-9,11,15-16,20,25-26H,4,10,12-14,17-19H2,(H,32,38);1H,(H,2,3)/t25-,26+;/m1./s1. The predicted molar refractivity (Wildman–Crippen MR) is 155 cm³/mol. The van der Waals surface area contributed by atoms with E-state index in [9.17, 15) is 14.0 Å². The molecule has 0 unspecified atom stereocenters. The van der Waals surface area contributed by atoms with Gasteiger partial charge < -0.3 is 20.1 Å². The van der Waals surface area contributed by atoms with E-state index in [1.165, 1.54) is 12.1 Å². The number of hydrogen-bond donors (Lipinski definition) is 2. The second kappa shape index (κ2) is 13.9. The van der Waals surface area contributed by atoms with Crippen molar-refractivity contribution in [1.29, 1.82) is 0 Å². The summed E-state index contributed by atoms with van der Waals surface area (Å²) in [5.74, 6) is 0.329. The molecule has 2 aliphatic heterocycles. The molecule has 4 heterocycles. The normalized spacial score (nSPS) is 19.3. The molecule has 2 aromatic carbocycles. The average molecular weight is 589 g/mol. The summed E-state index contributed by atoms with van der Waals surface area (Å²) in [6.45, 7) is 3.12. The summed E-state index contributed by atoms with van der Waals surface area (Å²) in [6.07, 6.45) is 5.73. The number of halogens is 1. The van der Waals surface area contributed by atoms with Crippen LogP contribution in [-0.4, -0.2) is 86.9 Å². The maximum Gasteiger partial charge on any atom is 0.290 e. The van der Waals surface area contributed by atoms with Crippen molar-refractivity contribution in [3.63, 3.8) is 0 Å². The van der Waals surface area contributed by atoms with Gasteiger partial charge in [0.15, 0.2) is 0 Å². The van der Waals surface area contributed by atoms with Crippen molar-refractivity contribution in [2.45, 2.75) is 18.9 Å². The Morgan fingerprint density at radius 3 is 2.74 bits per heavy atom. The number of carbonyl (C=O) groups excluding carboxylic acids is 2. The average Bonchev–Trinajstić information content (AvgIpc) is 3.63.